The van der Waals surface area contributed by atoms with Crippen LogP contribution in [0.3, 0.4) is 0 Å². The second kappa shape index (κ2) is 11.6. The number of fused-ring (bicyclic) bond motifs is 1. The average Bonchev–Trinajstić information content (AvgIpc) is 2.88. The molecule has 11 heteroatoms. The van der Waals surface area contributed by atoms with Crippen LogP contribution in [0.4, 0.5) is 31.0 Å². The molecule has 0 saturated carbocycles. The number of anilines is 3. The maximum Gasteiger partial charge on any atom is 0.328 e. The summed E-state index contributed by atoms with van der Waals surface area (Å²) >= 11 is 0. The predicted molar refractivity (Wildman–Crippen MR) is 147 cm³/mol. The van der Waals surface area contributed by atoms with Crippen LogP contribution in [0, 0.1) is 18.6 Å². The quantitative estimate of drug-likeness (QED) is 0.386. The number of rotatable bonds is 8. The molecule has 204 valence electrons. The van der Waals surface area contributed by atoms with Crippen molar-refractivity contribution in [2.24, 2.45) is 0 Å². The van der Waals surface area contributed by atoms with Crippen molar-refractivity contribution in [2.75, 3.05) is 37.4 Å². The molecular formula is C28H31F2N7O2. The van der Waals surface area contributed by atoms with Crippen LogP contribution >= 0.6 is 0 Å². The molecule has 2 heterocycles. The lowest BCUT2D eigenvalue weighted by Gasteiger charge is -2.31. The zero-order valence-electron chi connectivity index (χ0n) is 22.5. The van der Waals surface area contributed by atoms with E-state index in [-0.39, 0.29) is 24.2 Å². The van der Waals surface area contributed by atoms with Crippen LogP contribution in [0.25, 0.3) is 11.3 Å². The number of halogens is 2. The Hall–Kier alpha value is -4.38. The third-order valence-electron chi connectivity index (χ3n) is 6.07. The molecule has 4 rings (SSSR count). The first-order chi connectivity index (χ1) is 18.6. The van der Waals surface area contributed by atoms with E-state index in [2.05, 4.69) is 20.9 Å². The Morgan fingerprint density at radius 3 is 2.54 bits per heavy atom. The van der Waals surface area contributed by atoms with Crippen molar-refractivity contribution in [1.82, 2.24) is 25.5 Å². The molecule has 0 bridgehead atoms. The predicted octanol–water partition coefficient (Wildman–Crippen LogP) is 4.72. The molecule has 3 N–H and O–H groups in total. The summed E-state index contributed by atoms with van der Waals surface area (Å²) in [5.41, 5.74) is 3.13. The van der Waals surface area contributed by atoms with E-state index >= 15 is 0 Å². The number of carbonyl (C=O) groups excluding carboxylic acids is 2. The summed E-state index contributed by atoms with van der Waals surface area (Å²) in [6.45, 7) is 6.79. The van der Waals surface area contributed by atoms with Gasteiger partial charge in [0.05, 0.1) is 12.2 Å². The van der Waals surface area contributed by atoms with E-state index in [1.807, 2.05) is 39.8 Å². The minimum absolute atomic E-state index is 0.0294. The number of nitrogens with zero attached hydrogens (tertiary/aromatic N) is 4. The van der Waals surface area contributed by atoms with Crippen molar-refractivity contribution in [3.63, 3.8) is 0 Å². The molecule has 0 spiro atoms. The highest BCUT2D eigenvalue weighted by Crippen LogP contribution is 2.39. The highest BCUT2D eigenvalue weighted by molar-refractivity contribution is 6.02. The monoisotopic (exact) mass is 535 g/mol. The Morgan fingerprint density at radius 1 is 1.15 bits per heavy atom. The van der Waals surface area contributed by atoms with Gasteiger partial charge in [-0.1, -0.05) is 17.7 Å². The highest BCUT2D eigenvalue weighted by atomic mass is 19.1. The third-order valence-corrected chi connectivity index (χ3v) is 6.07. The van der Waals surface area contributed by atoms with Crippen LogP contribution in [-0.2, 0) is 6.54 Å². The molecule has 1 aliphatic heterocycles. The molecular weight excluding hydrogens is 504 g/mol. The van der Waals surface area contributed by atoms with Gasteiger partial charge in [0, 0.05) is 36.0 Å². The van der Waals surface area contributed by atoms with Crippen molar-refractivity contribution in [2.45, 2.75) is 27.3 Å². The number of amides is 3. The molecule has 39 heavy (non-hydrogen) atoms. The number of aromatic nitrogens is 2. The van der Waals surface area contributed by atoms with Gasteiger partial charge in [0.15, 0.2) is 5.82 Å². The first-order valence-electron chi connectivity index (χ1n) is 12.4. The largest absolute Gasteiger partial charge is 0.353 e. The highest BCUT2D eigenvalue weighted by Gasteiger charge is 2.34. The van der Waals surface area contributed by atoms with E-state index in [1.54, 1.807) is 24.4 Å². The molecule has 0 aliphatic carbocycles. The van der Waals surface area contributed by atoms with E-state index in [4.69, 9.17) is 4.98 Å². The molecule has 1 aliphatic rings. The minimum Gasteiger partial charge on any atom is -0.353 e. The fourth-order valence-corrected chi connectivity index (χ4v) is 4.07. The van der Waals surface area contributed by atoms with E-state index in [1.165, 1.54) is 6.07 Å². The fraction of sp³-hybridized carbons (Fsp3) is 0.286. The smallest absolute Gasteiger partial charge is 0.328 e. The lowest BCUT2D eigenvalue weighted by molar-refractivity contribution is 0.0969. The Morgan fingerprint density at radius 2 is 1.87 bits per heavy atom. The lowest BCUT2D eigenvalue weighted by Crippen LogP contribution is -2.43. The van der Waals surface area contributed by atoms with Crippen molar-refractivity contribution in [1.29, 1.82) is 0 Å². The molecule has 1 aromatic heterocycles. The molecule has 0 saturated heterocycles. The summed E-state index contributed by atoms with van der Waals surface area (Å²) in [6.07, 6.45) is 1.62. The van der Waals surface area contributed by atoms with E-state index in [0.717, 1.165) is 28.2 Å². The average molecular weight is 536 g/mol. The van der Waals surface area contributed by atoms with Gasteiger partial charge in [-0.15, -0.1) is 0 Å². The number of nitrogens with one attached hydrogen (secondary N) is 3. The molecule has 9 nitrogen and oxygen atoms in total. The normalized spacial score (nSPS) is 12.6. The number of likely N-dealkylation sites (N-methyl/N-ethyl adjacent to an activating group) is 1. The maximum atomic E-state index is 14.9. The number of para-hydroxylation sites is 1. The van der Waals surface area contributed by atoms with Crippen LogP contribution < -0.4 is 20.9 Å². The number of carbonyl (C=O) groups is 2. The van der Waals surface area contributed by atoms with Crippen LogP contribution in [0.5, 0.6) is 0 Å². The Labute approximate surface area is 225 Å². The number of allylic oxidation sites excluding steroid dienone is 1. The first kappa shape index (κ1) is 27.6. The summed E-state index contributed by atoms with van der Waals surface area (Å²) in [5.74, 6) is -1.88. The second-order valence-corrected chi connectivity index (χ2v) is 9.72. The van der Waals surface area contributed by atoms with Crippen LogP contribution in [-0.4, -0.2) is 54.0 Å². The number of urea groups is 1. The van der Waals surface area contributed by atoms with Gasteiger partial charge < -0.3 is 20.9 Å². The van der Waals surface area contributed by atoms with Gasteiger partial charge in [0.25, 0.3) is 5.91 Å². The van der Waals surface area contributed by atoms with Gasteiger partial charge in [-0.05, 0) is 64.7 Å². The minimum atomic E-state index is -0.908. The summed E-state index contributed by atoms with van der Waals surface area (Å²) in [4.78, 5) is 37.9. The van der Waals surface area contributed by atoms with Gasteiger partial charge >= 0.3 is 6.03 Å². The lowest BCUT2D eigenvalue weighted by atomic mass is 9.97. The van der Waals surface area contributed by atoms with E-state index < -0.39 is 23.4 Å². The molecule has 0 unspecified atom stereocenters. The SMILES string of the molecule is CC(C)=CNC(=O)c1ccc(C)c(-c2nc(NCCN(C)C)nc3c2CNC(=O)N3c2c(F)cccc2F)c1. The van der Waals surface area contributed by atoms with Crippen molar-refractivity contribution in [3.8, 4) is 11.3 Å². The molecule has 0 atom stereocenters. The van der Waals surface area contributed by atoms with Crippen molar-refractivity contribution < 1.29 is 18.4 Å². The number of hydrogen-bond donors (Lipinski definition) is 3. The number of hydrogen-bond acceptors (Lipinski definition) is 6. The second-order valence-electron chi connectivity index (χ2n) is 9.72. The molecule has 3 aromatic rings. The molecule has 0 radical (unpaired) electrons. The Bertz CT molecular complexity index is 1430. The van der Waals surface area contributed by atoms with E-state index in [0.29, 0.717) is 35.5 Å². The van der Waals surface area contributed by atoms with Gasteiger partial charge in [-0.3, -0.25) is 4.79 Å². The van der Waals surface area contributed by atoms with Crippen LogP contribution in [0.15, 0.2) is 48.2 Å². The summed E-state index contributed by atoms with van der Waals surface area (Å²) in [7, 11) is 3.84. The van der Waals surface area contributed by atoms with E-state index in [9.17, 15) is 18.4 Å². The maximum absolute atomic E-state index is 14.9. The van der Waals surface area contributed by atoms with Crippen LogP contribution in [0.2, 0.25) is 0 Å². The Balaban J connectivity index is 1.90. The molecule has 3 amide bonds. The van der Waals surface area contributed by atoms with Gasteiger partial charge in [-0.25, -0.2) is 23.5 Å². The Kier molecular flexibility index (Phi) is 8.20. The van der Waals surface area contributed by atoms with Gasteiger partial charge in [0.2, 0.25) is 5.95 Å². The molecule has 0 fully saturated rings. The standard InChI is InChI=1S/C28H31F2N7O2/c1-16(2)14-32-26(38)18-10-9-17(3)19(13-18)23-20-15-33-28(39)37(24-21(29)7-6-8-22(24)30)25(20)35-27(34-23)31-11-12-36(4)5/h6-10,13-14H,11-12,15H2,1-5H3,(H,32,38)(H,33,39)(H,31,34,35). The summed E-state index contributed by atoms with van der Waals surface area (Å²) in [6, 6.07) is 7.89. The van der Waals surface area contributed by atoms with Gasteiger partial charge in [-0.2, -0.15) is 4.98 Å². The van der Waals surface area contributed by atoms with Crippen molar-refractivity contribution >= 4 is 29.4 Å². The molecule has 2 aromatic carbocycles. The summed E-state index contributed by atoms with van der Waals surface area (Å²) in [5, 5.41) is 8.58. The zero-order chi connectivity index (χ0) is 28.3. The number of aryl methyl sites for hydroxylation is 1. The van der Waals surface area contributed by atoms with Gasteiger partial charge in [0.1, 0.15) is 17.3 Å². The third kappa shape index (κ3) is 6.04. The first-order valence-corrected chi connectivity index (χ1v) is 12.4. The van der Waals surface area contributed by atoms with Crippen molar-refractivity contribution in [3.05, 3.63) is 76.5 Å². The zero-order valence-corrected chi connectivity index (χ0v) is 22.5. The fourth-order valence-electron chi connectivity index (χ4n) is 4.07. The topological polar surface area (TPSA) is 102 Å². The summed E-state index contributed by atoms with van der Waals surface area (Å²) < 4.78 is 29.8. The van der Waals surface area contributed by atoms with Crippen LogP contribution in [0.1, 0.15) is 35.3 Å². The number of benzene rings is 2.